The van der Waals surface area contributed by atoms with Crippen molar-refractivity contribution in [3.8, 4) is 22.9 Å². The molecule has 0 fully saturated rings. The summed E-state index contributed by atoms with van der Waals surface area (Å²) in [5.41, 5.74) is 0.662. The van der Waals surface area contributed by atoms with Crippen molar-refractivity contribution in [3.05, 3.63) is 40.0 Å². The minimum atomic E-state index is -3.63. The van der Waals surface area contributed by atoms with Gasteiger partial charge in [0, 0.05) is 12.6 Å². The highest BCUT2D eigenvalue weighted by molar-refractivity contribution is 9.11. The molecule has 144 valence electrons. The van der Waals surface area contributed by atoms with E-state index in [1.54, 1.807) is 37.4 Å². The van der Waals surface area contributed by atoms with Crippen molar-refractivity contribution in [2.24, 2.45) is 0 Å². The average Bonchev–Trinajstić information content (AvgIpc) is 3.30. The van der Waals surface area contributed by atoms with E-state index in [1.807, 2.05) is 0 Å². The highest BCUT2D eigenvalue weighted by Crippen LogP contribution is 2.32. The topological polar surface area (TPSA) is 94.8 Å². The molecule has 11 heteroatoms. The Hall–Kier alpha value is -1.95. The van der Waals surface area contributed by atoms with Gasteiger partial charge in [0.1, 0.15) is 4.21 Å². The van der Waals surface area contributed by atoms with E-state index in [4.69, 9.17) is 14.0 Å². The van der Waals surface area contributed by atoms with E-state index in [9.17, 15) is 8.42 Å². The van der Waals surface area contributed by atoms with Gasteiger partial charge in [-0.2, -0.15) is 9.29 Å². The van der Waals surface area contributed by atoms with Crippen LogP contribution in [-0.2, 0) is 16.6 Å². The van der Waals surface area contributed by atoms with Gasteiger partial charge in [0.05, 0.1) is 24.6 Å². The first-order chi connectivity index (χ1) is 12.8. The minimum Gasteiger partial charge on any atom is -0.493 e. The van der Waals surface area contributed by atoms with E-state index >= 15 is 0 Å². The van der Waals surface area contributed by atoms with Crippen molar-refractivity contribution in [1.29, 1.82) is 0 Å². The lowest BCUT2D eigenvalue weighted by atomic mass is 10.2. The van der Waals surface area contributed by atoms with Gasteiger partial charge in [0.2, 0.25) is 11.7 Å². The molecule has 3 rings (SSSR count). The summed E-state index contributed by atoms with van der Waals surface area (Å²) in [5, 5.41) is 3.92. The average molecular weight is 474 g/mol. The lowest BCUT2D eigenvalue weighted by Crippen LogP contribution is -2.25. The molecule has 27 heavy (non-hydrogen) atoms. The molecule has 0 saturated heterocycles. The van der Waals surface area contributed by atoms with Crippen LogP contribution in [-0.4, -0.2) is 44.1 Å². The first-order valence-electron chi connectivity index (χ1n) is 7.62. The lowest BCUT2D eigenvalue weighted by molar-refractivity contribution is 0.337. The molecule has 2 aromatic heterocycles. The molecular weight excluding hydrogens is 458 g/mol. The highest BCUT2D eigenvalue weighted by atomic mass is 79.9. The van der Waals surface area contributed by atoms with Crippen LogP contribution in [0.1, 0.15) is 5.89 Å². The van der Waals surface area contributed by atoms with Crippen LogP contribution in [0.25, 0.3) is 11.4 Å². The number of nitrogens with zero attached hydrogens (tertiary/aromatic N) is 3. The van der Waals surface area contributed by atoms with Crippen molar-refractivity contribution in [2.75, 3.05) is 21.3 Å². The van der Waals surface area contributed by atoms with Gasteiger partial charge in [-0.15, -0.1) is 11.3 Å². The van der Waals surface area contributed by atoms with Gasteiger partial charge in [-0.25, -0.2) is 8.42 Å². The Morgan fingerprint density at radius 2 is 1.93 bits per heavy atom. The number of halogens is 1. The van der Waals surface area contributed by atoms with Gasteiger partial charge in [-0.1, -0.05) is 5.16 Å². The number of benzene rings is 1. The number of ether oxygens (including phenoxy) is 2. The maximum Gasteiger partial charge on any atom is 0.252 e. The Kier molecular flexibility index (Phi) is 5.84. The predicted octanol–water partition coefficient (Wildman–Crippen LogP) is 3.40. The Morgan fingerprint density at radius 3 is 2.56 bits per heavy atom. The number of aromatic nitrogens is 2. The van der Waals surface area contributed by atoms with Crippen LogP contribution in [0.3, 0.4) is 0 Å². The van der Waals surface area contributed by atoms with Gasteiger partial charge in [0.25, 0.3) is 10.0 Å². The lowest BCUT2D eigenvalue weighted by Gasteiger charge is -2.13. The number of rotatable bonds is 7. The zero-order valence-corrected chi connectivity index (χ0v) is 17.9. The van der Waals surface area contributed by atoms with Crippen molar-refractivity contribution < 1.29 is 22.4 Å². The summed E-state index contributed by atoms with van der Waals surface area (Å²) < 4.78 is 43.0. The van der Waals surface area contributed by atoms with Gasteiger partial charge < -0.3 is 14.0 Å². The maximum atomic E-state index is 12.6. The summed E-state index contributed by atoms with van der Waals surface area (Å²) in [5.74, 6) is 1.62. The monoisotopic (exact) mass is 473 g/mol. The van der Waals surface area contributed by atoms with E-state index in [-0.39, 0.29) is 16.6 Å². The molecule has 0 aliphatic heterocycles. The molecule has 0 aliphatic rings. The van der Waals surface area contributed by atoms with Gasteiger partial charge >= 0.3 is 0 Å². The van der Waals surface area contributed by atoms with Crippen molar-refractivity contribution in [1.82, 2.24) is 14.4 Å². The molecule has 1 aromatic carbocycles. The molecule has 0 amide bonds. The molecule has 0 spiro atoms. The number of methoxy groups -OCH3 is 2. The number of hydrogen-bond donors (Lipinski definition) is 0. The quantitative estimate of drug-likeness (QED) is 0.518. The van der Waals surface area contributed by atoms with Crippen LogP contribution in [0.15, 0.2) is 42.9 Å². The molecule has 2 heterocycles. The second-order valence-electron chi connectivity index (χ2n) is 5.40. The second-order valence-corrected chi connectivity index (χ2v) is 10.1. The summed E-state index contributed by atoms with van der Waals surface area (Å²) >= 11 is 4.41. The van der Waals surface area contributed by atoms with Crippen LogP contribution < -0.4 is 9.47 Å². The first-order valence-corrected chi connectivity index (χ1v) is 10.7. The third kappa shape index (κ3) is 4.15. The van der Waals surface area contributed by atoms with Crippen molar-refractivity contribution in [2.45, 2.75) is 10.8 Å². The van der Waals surface area contributed by atoms with Gasteiger partial charge in [-0.3, -0.25) is 0 Å². The van der Waals surface area contributed by atoms with Crippen LogP contribution >= 0.6 is 27.3 Å². The summed E-state index contributed by atoms with van der Waals surface area (Å²) in [6, 6.07) is 8.45. The molecule has 0 bridgehead atoms. The molecule has 3 aromatic rings. The van der Waals surface area contributed by atoms with E-state index in [0.717, 1.165) is 19.4 Å². The zero-order valence-electron chi connectivity index (χ0n) is 14.7. The fourth-order valence-corrected chi connectivity index (χ4v) is 5.62. The van der Waals surface area contributed by atoms with Gasteiger partial charge in [0.15, 0.2) is 11.5 Å². The molecule has 0 radical (unpaired) electrons. The Bertz CT molecular complexity index is 1050. The molecule has 0 atom stereocenters. The fraction of sp³-hybridized carbons (Fsp3) is 0.250. The third-order valence-corrected chi connectivity index (χ3v) is 7.58. The van der Waals surface area contributed by atoms with Crippen molar-refractivity contribution in [3.63, 3.8) is 0 Å². The number of thiophene rings is 1. The third-order valence-electron chi connectivity index (χ3n) is 3.68. The Labute approximate surface area is 168 Å². The first kappa shape index (κ1) is 19.8. The Morgan fingerprint density at radius 1 is 1.19 bits per heavy atom. The molecular formula is C16H16BrN3O5S2. The maximum absolute atomic E-state index is 12.6. The molecule has 8 nitrogen and oxygen atoms in total. The molecule has 0 N–H and O–H groups in total. The normalized spacial score (nSPS) is 11.7. The van der Waals surface area contributed by atoms with E-state index in [1.165, 1.54) is 14.2 Å². The van der Waals surface area contributed by atoms with E-state index < -0.39 is 10.0 Å². The molecule has 0 saturated carbocycles. The number of hydrogen-bond acceptors (Lipinski definition) is 8. The Balaban J connectivity index is 1.80. The minimum absolute atomic E-state index is 0.0435. The standard InChI is InChI=1S/C16H16BrN3O5S2/c1-20(27(21,22)15-7-6-13(17)26-15)9-14-18-16(19-25-14)10-4-5-11(23-2)12(8-10)24-3/h4-8H,9H2,1-3H3. The molecule has 0 aliphatic carbocycles. The molecule has 0 unspecified atom stereocenters. The van der Waals surface area contributed by atoms with Crippen LogP contribution in [0.5, 0.6) is 11.5 Å². The summed E-state index contributed by atoms with van der Waals surface area (Å²) in [6.45, 7) is -0.0435. The van der Waals surface area contributed by atoms with E-state index in [0.29, 0.717) is 22.9 Å². The van der Waals surface area contributed by atoms with Crippen molar-refractivity contribution >= 4 is 37.3 Å². The predicted molar refractivity (Wildman–Crippen MR) is 104 cm³/mol. The fourth-order valence-electron chi connectivity index (χ4n) is 2.28. The van der Waals surface area contributed by atoms with E-state index in [2.05, 4.69) is 26.1 Å². The smallest absolute Gasteiger partial charge is 0.252 e. The summed E-state index contributed by atoms with van der Waals surface area (Å²) in [6.07, 6.45) is 0. The summed E-state index contributed by atoms with van der Waals surface area (Å²) in [7, 11) is 0.909. The largest absolute Gasteiger partial charge is 0.493 e. The second kappa shape index (κ2) is 7.97. The SMILES string of the molecule is COc1ccc(-c2noc(CN(C)S(=O)(=O)c3ccc(Br)s3)n2)cc1OC. The highest BCUT2D eigenvalue weighted by Gasteiger charge is 2.25. The van der Waals surface area contributed by atoms with Crippen LogP contribution in [0.2, 0.25) is 0 Å². The summed E-state index contributed by atoms with van der Waals surface area (Å²) in [4.78, 5) is 4.28. The van der Waals surface area contributed by atoms with Gasteiger partial charge in [-0.05, 0) is 46.3 Å². The zero-order chi connectivity index (χ0) is 19.6. The number of sulfonamides is 1. The van der Waals surface area contributed by atoms with Crippen LogP contribution in [0, 0.1) is 0 Å². The van der Waals surface area contributed by atoms with Crippen LogP contribution in [0.4, 0.5) is 0 Å².